The second-order valence-corrected chi connectivity index (χ2v) is 8.83. The zero-order valence-electron chi connectivity index (χ0n) is 16.6. The van der Waals surface area contributed by atoms with Gasteiger partial charge in [-0.1, -0.05) is 36.4 Å². The molecular weight excluding hydrogens is 344 g/mol. The van der Waals surface area contributed by atoms with Crippen molar-refractivity contribution in [1.82, 2.24) is 18.8 Å². The summed E-state index contributed by atoms with van der Waals surface area (Å²) in [6.45, 7) is 9.66. The first-order valence-electron chi connectivity index (χ1n) is 10.9. The van der Waals surface area contributed by atoms with Crippen LogP contribution in [0.3, 0.4) is 0 Å². The van der Waals surface area contributed by atoms with Crippen LogP contribution in [0.4, 0.5) is 11.4 Å². The van der Waals surface area contributed by atoms with Gasteiger partial charge < -0.3 is 9.80 Å². The Bertz CT molecular complexity index is 833. The van der Waals surface area contributed by atoms with E-state index in [0.29, 0.717) is 0 Å². The van der Waals surface area contributed by atoms with Gasteiger partial charge in [-0.05, 0) is 24.3 Å². The highest BCUT2D eigenvalue weighted by Crippen LogP contribution is 2.47. The van der Waals surface area contributed by atoms with Crippen LogP contribution in [0.15, 0.2) is 72.3 Å². The molecule has 2 aromatic carbocycles. The minimum atomic E-state index is 1.06. The third-order valence-electron chi connectivity index (χ3n) is 7.55. The summed E-state index contributed by atoms with van der Waals surface area (Å²) in [7, 11) is 0. The first-order chi connectivity index (χ1) is 13.8. The van der Waals surface area contributed by atoms with E-state index >= 15 is 0 Å². The fourth-order valence-corrected chi connectivity index (χ4v) is 6.34. The van der Waals surface area contributed by atoms with Gasteiger partial charge in [-0.3, -0.25) is 0 Å². The maximum absolute atomic E-state index is 2.74. The van der Waals surface area contributed by atoms with Crippen molar-refractivity contribution in [2.45, 2.75) is 12.8 Å². The molecule has 0 spiro atoms. The van der Waals surface area contributed by atoms with Gasteiger partial charge in [0.05, 0.1) is 26.2 Å². The lowest BCUT2D eigenvalue weighted by molar-refractivity contribution is 0.0287. The summed E-state index contributed by atoms with van der Waals surface area (Å²) in [6, 6.07) is 22.7. The van der Waals surface area contributed by atoms with Crippen LogP contribution in [0, 0.1) is 0 Å². The number of hydrogen-bond donors (Lipinski definition) is 0. The molecule has 0 aliphatic carbocycles. The molecule has 6 rings (SSSR count). The van der Waals surface area contributed by atoms with Crippen molar-refractivity contribution < 1.29 is 0 Å². The predicted molar refractivity (Wildman–Crippen MR) is 115 cm³/mol. The average molecular weight is 375 g/mol. The Morgan fingerprint density at radius 2 is 0.929 bits per heavy atom. The Kier molecular flexibility index (Phi) is 3.62. The highest BCUT2D eigenvalue weighted by molar-refractivity contribution is 5.56. The van der Waals surface area contributed by atoms with Crippen molar-refractivity contribution in [2.24, 2.45) is 0 Å². The van der Waals surface area contributed by atoms with E-state index in [9.17, 15) is 0 Å². The van der Waals surface area contributed by atoms with Gasteiger partial charge in [0.2, 0.25) is 0 Å². The van der Waals surface area contributed by atoms with E-state index in [1.54, 1.807) is 11.6 Å². The van der Waals surface area contributed by atoms with Crippen molar-refractivity contribution in [3.8, 4) is 0 Å². The van der Waals surface area contributed by atoms with Crippen LogP contribution in [-0.4, -0.2) is 62.2 Å². The minimum Gasteiger partial charge on any atom is -0.315 e. The Morgan fingerprint density at radius 3 is 1.36 bits per heavy atom. The van der Waals surface area contributed by atoms with E-state index in [1.807, 2.05) is 0 Å². The molecule has 4 heterocycles. The molecule has 0 amide bonds. The van der Waals surface area contributed by atoms with Crippen LogP contribution < -0.4 is 8.97 Å². The number of nitrogens with zero attached hydrogens (tertiary/aromatic N) is 4. The Morgan fingerprint density at radius 1 is 0.500 bits per heavy atom. The highest BCUT2D eigenvalue weighted by atomic mass is 15.6. The van der Waals surface area contributed by atoms with Crippen LogP contribution in [0.1, 0.15) is 12.8 Å². The van der Waals surface area contributed by atoms with Gasteiger partial charge in [-0.2, -0.15) is 0 Å². The maximum Gasteiger partial charge on any atom is 0.291 e. The van der Waals surface area contributed by atoms with E-state index in [4.69, 9.17) is 0 Å². The first kappa shape index (κ1) is 16.6. The molecule has 0 saturated carbocycles. The van der Waals surface area contributed by atoms with Crippen LogP contribution in [0.5, 0.6) is 0 Å². The fraction of sp³-hybridized carbons (Fsp3) is 0.417. The fourth-order valence-electron chi connectivity index (χ4n) is 6.34. The van der Waals surface area contributed by atoms with E-state index < -0.39 is 0 Å². The lowest BCUT2D eigenvalue weighted by atomic mass is 10.00. The summed E-state index contributed by atoms with van der Waals surface area (Å²) in [4.78, 5) is 5.48. The lowest BCUT2D eigenvalue weighted by Crippen LogP contribution is -2.74. The second-order valence-electron chi connectivity index (χ2n) is 8.83. The smallest absolute Gasteiger partial charge is 0.291 e. The van der Waals surface area contributed by atoms with Crippen LogP contribution >= 0.6 is 0 Å². The molecule has 4 aliphatic rings. The molecule has 0 N–H and O–H groups in total. The molecule has 4 aliphatic heterocycles. The van der Waals surface area contributed by atoms with Gasteiger partial charge >= 0.3 is 0 Å². The third kappa shape index (κ3) is 2.13. The molecule has 2 unspecified atom stereocenters. The maximum atomic E-state index is 2.74. The molecule has 4 nitrogen and oxygen atoms in total. The number of rotatable bonds is 2. The third-order valence-corrected chi connectivity index (χ3v) is 7.55. The second kappa shape index (κ2) is 6.10. The van der Waals surface area contributed by atoms with Crippen molar-refractivity contribution >= 4 is 11.4 Å². The summed E-state index contributed by atoms with van der Waals surface area (Å²) in [5.74, 6) is 3.22. The number of quaternary nitrogens is 2. The molecule has 0 aromatic heterocycles. The summed E-state index contributed by atoms with van der Waals surface area (Å²) < 4.78 is 2.11. The molecule has 2 fully saturated rings. The average Bonchev–Trinajstić information content (AvgIpc) is 2.79. The van der Waals surface area contributed by atoms with E-state index in [-0.39, 0.29) is 0 Å². The van der Waals surface area contributed by atoms with Gasteiger partial charge in [0.15, 0.2) is 0 Å². The summed E-state index contributed by atoms with van der Waals surface area (Å²) >= 11 is 0. The van der Waals surface area contributed by atoms with Gasteiger partial charge in [0.25, 0.3) is 11.6 Å². The van der Waals surface area contributed by atoms with Crippen molar-refractivity contribution in [3.63, 3.8) is 0 Å². The highest BCUT2D eigenvalue weighted by Gasteiger charge is 2.59. The number of hydrogen-bond acceptors (Lipinski definition) is 2. The summed E-state index contributed by atoms with van der Waals surface area (Å²) in [6.07, 6.45) is 2.58. The molecule has 0 bridgehead atoms. The standard InChI is InChI=1S/C24H30N4/c1-3-9-21(10-4-1)27-17-7-13-25-16-20-28(22-11-5-2-6-12-22)18-8-14-26(15-19-27)24(28)23(25)27/h1-6,9-12H,7-8,13-20H2/q+2. The van der Waals surface area contributed by atoms with Crippen LogP contribution in [0.2, 0.25) is 0 Å². The molecule has 2 atom stereocenters. The van der Waals surface area contributed by atoms with E-state index in [1.165, 1.54) is 76.6 Å². The lowest BCUT2D eigenvalue weighted by Gasteiger charge is -2.58. The molecule has 28 heavy (non-hydrogen) atoms. The SMILES string of the molecule is c1ccc([N+]23CCCN4CC[N+]5(c6ccccc6)CCCN(CC2)C5=C43)cc1. The largest absolute Gasteiger partial charge is 0.315 e. The van der Waals surface area contributed by atoms with Crippen molar-refractivity contribution in [2.75, 3.05) is 52.4 Å². The zero-order valence-corrected chi connectivity index (χ0v) is 16.6. The molecular formula is C24H30N4+2. The molecule has 2 aromatic rings. The zero-order chi connectivity index (χ0) is 18.6. The minimum absolute atomic E-state index is 1.06. The summed E-state index contributed by atoms with van der Waals surface area (Å²) in [5, 5.41) is 0. The van der Waals surface area contributed by atoms with Gasteiger partial charge in [0, 0.05) is 25.9 Å². The first-order valence-corrected chi connectivity index (χ1v) is 10.9. The van der Waals surface area contributed by atoms with Gasteiger partial charge in [0.1, 0.15) is 24.5 Å². The number of para-hydroxylation sites is 2. The quantitative estimate of drug-likeness (QED) is 0.742. The van der Waals surface area contributed by atoms with Crippen LogP contribution in [-0.2, 0) is 0 Å². The topological polar surface area (TPSA) is 6.48 Å². The summed E-state index contributed by atoms with van der Waals surface area (Å²) in [5.41, 5.74) is 2.96. The predicted octanol–water partition coefficient (Wildman–Crippen LogP) is 3.57. The van der Waals surface area contributed by atoms with Crippen LogP contribution in [0.25, 0.3) is 0 Å². The van der Waals surface area contributed by atoms with Crippen molar-refractivity contribution in [1.29, 1.82) is 0 Å². The normalized spacial score (nSPS) is 31.6. The molecule has 0 radical (unpaired) electrons. The van der Waals surface area contributed by atoms with Gasteiger partial charge in [-0.25, -0.2) is 8.97 Å². The Labute approximate surface area is 168 Å². The molecule has 144 valence electrons. The van der Waals surface area contributed by atoms with Crippen molar-refractivity contribution in [3.05, 3.63) is 72.3 Å². The Hall–Kier alpha value is -2.30. The number of benzene rings is 2. The van der Waals surface area contributed by atoms with E-state index in [0.717, 1.165) is 8.97 Å². The molecule has 4 heteroatoms. The monoisotopic (exact) mass is 374 g/mol. The van der Waals surface area contributed by atoms with Gasteiger partial charge in [-0.15, -0.1) is 0 Å². The van der Waals surface area contributed by atoms with E-state index in [2.05, 4.69) is 70.5 Å². The molecule has 2 saturated heterocycles. The Balaban J connectivity index is 1.63.